The second-order valence-corrected chi connectivity index (χ2v) is 4.50. The van der Waals surface area contributed by atoms with E-state index in [-0.39, 0.29) is 12.4 Å². The molecule has 0 spiro atoms. The predicted octanol–water partition coefficient (Wildman–Crippen LogP) is 0.242. The zero-order valence-corrected chi connectivity index (χ0v) is 11.4. The van der Waals surface area contributed by atoms with Crippen LogP contribution in [0.2, 0.25) is 10.0 Å². The van der Waals surface area contributed by atoms with Crippen molar-refractivity contribution >= 4 is 11.6 Å². The summed E-state index contributed by atoms with van der Waals surface area (Å²) >= 11 is 7.16. The Morgan fingerprint density at radius 3 is 2.25 bits per heavy atom. The third kappa shape index (κ3) is 4.45. The molecule has 0 aliphatic carbocycles. The van der Waals surface area contributed by atoms with Crippen molar-refractivity contribution in [2.75, 3.05) is 0 Å². The molecule has 1 rings (SSSR count). The molecule has 0 fully saturated rings. The Balaban J connectivity index is 0.00000121. The van der Waals surface area contributed by atoms with Gasteiger partial charge in [-0.2, -0.15) is 0 Å². The monoisotopic (exact) mass is 252 g/mol. The van der Waals surface area contributed by atoms with E-state index in [1.54, 1.807) is 0 Å². The van der Waals surface area contributed by atoms with Crippen LogP contribution in [0, 0.1) is 0 Å². The Morgan fingerprint density at radius 1 is 1.17 bits per heavy atom. The molecule has 0 nitrogen and oxygen atoms in total. The summed E-state index contributed by atoms with van der Waals surface area (Å²) in [5.41, 5.74) is 1.41. The van der Waals surface area contributed by atoms with E-state index in [9.17, 15) is 0 Å². The molecule has 0 N–H and O–H groups in total. The molecular weight excluding hydrogens is 244 g/mol. The van der Waals surface area contributed by atoms with Crippen LogP contribution in [0.3, 0.4) is 0 Å². The van der Waals surface area contributed by atoms with Crippen LogP contribution in [-0.2, 0) is 24.7 Å². The molecule has 1 aromatic rings. The van der Waals surface area contributed by atoms with Gasteiger partial charge in [-0.1, -0.05) is 0 Å². The fourth-order valence-corrected chi connectivity index (χ4v) is 1.63. The van der Waals surface area contributed by atoms with Gasteiger partial charge < -0.3 is 12.4 Å². The average molecular weight is 254 g/mol. The van der Waals surface area contributed by atoms with E-state index in [1.165, 1.54) is 41.7 Å². The van der Waals surface area contributed by atoms with Crippen molar-refractivity contribution in [3.8, 4) is 0 Å². The maximum Gasteiger partial charge on any atom is -1.00 e. The zero-order chi connectivity index (χ0) is 8.10. The van der Waals surface area contributed by atoms with E-state index < -0.39 is 0 Å². The summed E-state index contributed by atoms with van der Waals surface area (Å²) < 4.78 is 0. The van der Waals surface area contributed by atoms with Gasteiger partial charge in [-0.3, -0.25) is 0 Å². The van der Waals surface area contributed by atoms with Gasteiger partial charge >= 0.3 is 82.6 Å². The molecule has 12 heavy (non-hydrogen) atoms. The van der Waals surface area contributed by atoms with E-state index in [2.05, 4.69) is 12.1 Å². The number of rotatable bonds is 3. The molecule has 0 atom stereocenters. The van der Waals surface area contributed by atoms with Crippen molar-refractivity contribution in [2.45, 2.75) is 17.9 Å². The first-order valence-corrected chi connectivity index (χ1v) is 6.34. The van der Waals surface area contributed by atoms with Crippen LogP contribution in [0.1, 0.15) is 12.0 Å². The Labute approximate surface area is 94.8 Å². The number of hydrogen-bond acceptors (Lipinski definition) is 0. The normalized spacial score (nSPS) is 9.25. The van der Waals surface area contributed by atoms with Crippen LogP contribution >= 0.6 is 11.6 Å². The molecule has 62 valence electrons. The summed E-state index contributed by atoms with van der Waals surface area (Å²) in [7, 11) is 0. The van der Waals surface area contributed by atoms with E-state index in [4.69, 9.17) is 11.6 Å². The SMILES string of the molecule is Clc1ccc(CC[CH2][Zn+])cc1.[Cl-]. The minimum absolute atomic E-state index is 0. The zero-order valence-electron chi connectivity index (χ0n) is 6.89. The number of hydrogen-bond donors (Lipinski definition) is 0. The molecule has 0 heterocycles. The average Bonchev–Trinajstić information content (AvgIpc) is 2.04. The molecule has 0 aliphatic rings. The molecule has 0 radical (unpaired) electrons. The predicted molar refractivity (Wildman–Crippen MR) is 44.6 cm³/mol. The second kappa shape index (κ2) is 6.89. The first-order valence-electron chi connectivity index (χ1n) is 3.86. The topological polar surface area (TPSA) is 0 Å². The molecule has 0 saturated heterocycles. The maximum absolute atomic E-state index is 5.75. The van der Waals surface area contributed by atoms with Crippen LogP contribution in [0.15, 0.2) is 24.3 Å². The van der Waals surface area contributed by atoms with Crippen LogP contribution in [0.4, 0.5) is 0 Å². The Kier molecular flexibility index (Phi) is 7.13. The summed E-state index contributed by atoms with van der Waals surface area (Å²) in [6.07, 6.45) is 2.53. The largest absolute Gasteiger partial charge is 1.00 e. The van der Waals surface area contributed by atoms with Crippen LogP contribution in [0.5, 0.6) is 0 Å². The van der Waals surface area contributed by atoms with Gasteiger partial charge in [0.2, 0.25) is 0 Å². The number of benzene rings is 1. The summed E-state index contributed by atoms with van der Waals surface area (Å²) in [4.78, 5) is 0. The Morgan fingerprint density at radius 2 is 1.75 bits per heavy atom. The van der Waals surface area contributed by atoms with Crippen molar-refractivity contribution in [3.05, 3.63) is 34.9 Å². The summed E-state index contributed by atoms with van der Waals surface area (Å²) in [5.74, 6) is 0. The van der Waals surface area contributed by atoms with Gasteiger partial charge in [-0.15, -0.1) is 0 Å². The molecule has 0 bridgehead atoms. The summed E-state index contributed by atoms with van der Waals surface area (Å²) in [6, 6.07) is 8.14. The molecule has 3 heteroatoms. The first kappa shape index (κ1) is 12.4. The summed E-state index contributed by atoms with van der Waals surface area (Å²) in [6.45, 7) is 0. The third-order valence-electron chi connectivity index (χ3n) is 1.63. The van der Waals surface area contributed by atoms with Gasteiger partial charge in [0, 0.05) is 0 Å². The van der Waals surface area contributed by atoms with Crippen molar-refractivity contribution in [3.63, 3.8) is 0 Å². The van der Waals surface area contributed by atoms with E-state index in [0.29, 0.717) is 0 Å². The standard InChI is InChI=1S/C9H10Cl.ClH.Zn/c1-2-3-8-4-6-9(10)7-5-8;;/h4-7H,1-3H2;1H;/q;;+1/p-1. The van der Waals surface area contributed by atoms with Crippen molar-refractivity contribution < 1.29 is 30.7 Å². The molecule has 0 aromatic heterocycles. The van der Waals surface area contributed by atoms with Crippen LogP contribution in [-0.4, -0.2) is 0 Å². The van der Waals surface area contributed by atoms with Crippen LogP contribution in [0.25, 0.3) is 0 Å². The van der Waals surface area contributed by atoms with Crippen molar-refractivity contribution in [1.82, 2.24) is 0 Å². The minimum atomic E-state index is 0. The van der Waals surface area contributed by atoms with Gasteiger partial charge in [0.1, 0.15) is 0 Å². The van der Waals surface area contributed by atoms with Gasteiger partial charge in [-0.05, 0) is 0 Å². The Hall–Kier alpha value is 0.423. The van der Waals surface area contributed by atoms with Gasteiger partial charge in [0.05, 0.1) is 0 Å². The molecule has 0 saturated carbocycles. The van der Waals surface area contributed by atoms with E-state index >= 15 is 0 Å². The Bertz CT molecular complexity index is 208. The molecule has 0 unspecified atom stereocenters. The molecule has 0 aliphatic heterocycles. The first-order chi connectivity index (χ1) is 5.33. The quantitative estimate of drug-likeness (QED) is 0.678. The van der Waals surface area contributed by atoms with Gasteiger partial charge in [0.15, 0.2) is 0 Å². The van der Waals surface area contributed by atoms with Gasteiger partial charge in [0.25, 0.3) is 0 Å². The summed E-state index contributed by atoms with van der Waals surface area (Å²) in [5, 5.41) is 2.21. The fraction of sp³-hybridized carbons (Fsp3) is 0.333. The van der Waals surface area contributed by atoms with E-state index in [0.717, 1.165) is 5.02 Å². The third-order valence-corrected chi connectivity index (χ3v) is 2.93. The van der Waals surface area contributed by atoms with Crippen LogP contribution < -0.4 is 12.4 Å². The van der Waals surface area contributed by atoms with Gasteiger partial charge in [-0.25, -0.2) is 0 Å². The smallest absolute Gasteiger partial charge is 1.00 e. The molecule has 1 aromatic carbocycles. The van der Waals surface area contributed by atoms with E-state index in [1.807, 2.05) is 12.1 Å². The second-order valence-electron chi connectivity index (χ2n) is 2.58. The number of halogens is 2. The maximum atomic E-state index is 5.75. The van der Waals surface area contributed by atoms with Crippen molar-refractivity contribution in [2.24, 2.45) is 0 Å². The molecular formula is C9H10Cl2Zn. The fourth-order valence-electron chi connectivity index (χ4n) is 0.980. The van der Waals surface area contributed by atoms with Crippen molar-refractivity contribution in [1.29, 1.82) is 0 Å². The minimum Gasteiger partial charge on any atom is -1.00 e. The molecule has 0 amide bonds. The number of aryl methyl sites for hydroxylation is 1.